The second-order valence-corrected chi connectivity index (χ2v) is 4.37. The number of nitrogens with one attached hydrogen (secondary N) is 1. The number of anilines is 2. The number of benzene rings is 1. The van der Waals surface area contributed by atoms with Gasteiger partial charge in [-0.2, -0.15) is 11.3 Å². The standard InChI is InChI=1S/C12H11FN2OS/c1-7-5-17-6-8(7)12(16)15-11-9(13)3-2-4-10(11)14/h2-6H,14H2,1H3,(H,15,16). The molecule has 0 aliphatic carbocycles. The van der Waals surface area contributed by atoms with Crippen LogP contribution in [0.2, 0.25) is 0 Å². The number of aryl methyl sites for hydroxylation is 1. The maximum absolute atomic E-state index is 13.5. The largest absolute Gasteiger partial charge is 0.397 e. The summed E-state index contributed by atoms with van der Waals surface area (Å²) in [5.74, 6) is -0.883. The third kappa shape index (κ3) is 2.29. The minimum atomic E-state index is -0.536. The minimum absolute atomic E-state index is 0.0306. The van der Waals surface area contributed by atoms with Crippen LogP contribution < -0.4 is 11.1 Å². The summed E-state index contributed by atoms with van der Waals surface area (Å²) >= 11 is 1.43. The van der Waals surface area contributed by atoms with Crippen LogP contribution in [0.3, 0.4) is 0 Å². The van der Waals surface area contributed by atoms with Crippen LogP contribution in [-0.2, 0) is 0 Å². The molecule has 1 amide bonds. The molecule has 2 rings (SSSR count). The van der Waals surface area contributed by atoms with Crippen LogP contribution in [-0.4, -0.2) is 5.91 Å². The lowest BCUT2D eigenvalue weighted by molar-refractivity contribution is 0.102. The van der Waals surface area contributed by atoms with Crippen molar-refractivity contribution in [2.24, 2.45) is 0 Å². The van der Waals surface area contributed by atoms with E-state index < -0.39 is 5.82 Å². The minimum Gasteiger partial charge on any atom is -0.397 e. The molecule has 1 heterocycles. The number of nitrogen functional groups attached to an aromatic ring is 1. The predicted molar refractivity (Wildman–Crippen MR) is 67.8 cm³/mol. The summed E-state index contributed by atoms with van der Waals surface area (Å²) in [6, 6.07) is 4.29. The van der Waals surface area contributed by atoms with Gasteiger partial charge < -0.3 is 11.1 Å². The van der Waals surface area contributed by atoms with E-state index in [1.165, 1.54) is 23.5 Å². The first-order chi connectivity index (χ1) is 8.09. The summed E-state index contributed by atoms with van der Waals surface area (Å²) in [5.41, 5.74) is 7.26. The Balaban J connectivity index is 2.28. The monoisotopic (exact) mass is 250 g/mol. The van der Waals surface area contributed by atoms with Crippen LogP contribution in [0, 0.1) is 12.7 Å². The summed E-state index contributed by atoms with van der Waals surface area (Å²) in [5, 5.41) is 6.07. The maximum Gasteiger partial charge on any atom is 0.256 e. The summed E-state index contributed by atoms with van der Waals surface area (Å²) in [6.45, 7) is 1.83. The van der Waals surface area contributed by atoms with Crippen molar-refractivity contribution in [3.05, 3.63) is 45.9 Å². The molecule has 1 aromatic heterocycles. The van der Waals surface area contributed by atoms with Crippen LogP contribution in [0.25, 0.3) is 0 Å². The fourth-order valence-electron chi connectivity index (χ4n) is 1.45. The van der Waals surface area contributed by atoms with E-state index in [1.807, 2.05) is 12.3 Å². The molecule has 2 aromatic rings. The number of carbonyl (C=O) groups is 1. The maximum atomic E-state index is 13.5. The van der Waals surface area contributed by atoms with Gasteiger partial charge in [0.05, 0.1) is 11.3 Å². The van der Waals surface area contributed by atoms with Gasteiger partial charge in [0.2, 0.25) is 0 Å². The third-order valence-corrected chi connectivity index (χ3v) is 3.25. The van der Waals surface area contributed by atoms with Crippen molar-refractivity contribution in [1.29, 1.82) is 0 Å². The molecule has 1 aromatic carbocycles. The van der Waals surface area contributed by atoms with Crippen LogP contribution in [0.5, 0.6) is 0 Å². The molecule has 0 unspecified atom stereocenters. The second-order valence-electron chi connectivity index (χ2n) is 3.63. The van der Waals surface area contributed by atoms with Crippen molar-refractivity contribution in [3.63, 3.8) is 0 Å². The summed E-state index contributed by atoms with van der Waals surface area (Å²) in [4.78, 5) is 11.9. The fraction of sp³-hybridized carbons (Fsp3) is 0.0833. The van der Waals surface area contributed by atoms with Crippen LogP contribution in [0.1, 0.15) is 15.9 Å². The summed E-state index contributed by atoms with van der Waals surface area (Å²) < 4.78 is 13.5. The van der Waals surface area contributed by atoms with E-state index in [0.717, 1.165) is 5.56 Å². The summed E-state index contributed by atoms with van der Waals surface area (Å²) in [6.07, 6.45) is 0. The van der Waals surface area contributed by atoms with Gasteiger partial charge in [0.25, 0.3) is 5.91 Å². The van der Waals surface area contributed by atoms with Gasteiger partial charge in [-0.05, 0) is 30.0 Å². The molecule has 0 saturated carbocycles. The Bertz CT molecular complexity index is 545. The molecule has 0 fully saturated rings. The Kier molecular flexibility index (Phi) is 3.10. The van der Waals surface area contributed by atoms with E-state index >= 15 is 0 Å². The van der Waals surface area contributed by atoms with E-state index in [2.05, 4.69) is 5.32 Å². The lowest BCUT2D eigenvalue weighted by atomic mass is 10.2. The fourth-order valence-corrected chi connectivity index (χ4v) is 2.27. The van der Waals surface area contributed by atoms with Gasteiger partial charge in [-0.25, -0.2) is 4.39 Å². The van der Waals surface area contributed by atoms with E-state index in [9.17, 15) is 9.18 Å². The Morgan fingerprint density at radius 1 is 1.41 bits per heavy atom. The average Bonchev–Trinajstić information content (AvgIpc) is 2.70. The highest BCUT2D eigenvalue weighted by Crippen LogP contribution is 2.23. The molecule has 5 heteroatoms. The number of amides is 1. The topological polar surface area (TPSA) is 55.1 Å². The lowest BCUT2D eigenvalue weighted by Crippen LogP contribution is -2.14. The van der Waals surface area contributed by atoms with Gasteiger partial charge >= 0.3 is 0 Å². The van der Waals surface area contributed by atoms with Crippen molar-refractivity contribution in [1.82, 2.24) is 0 Å². The molecular formula is C12H11FN2OS. The molecule has 88 valence electrons. The first kappa shape index (κ1) is 11.6. The number of para-hydroxylation sites is 1. The van der Waals surface area contributed by atoms with Crippen molar-refractivity contribution < 1.29 is 9.18 Å². The average molecular weight is 250 g/mol. The smallest absolute Gasteiger partial charge is 0.256 e. The molecule has 17 heavy (non-hydrogen) atoms. The molecular weight excluding hydrogens is 239 g/mol. The zero-order valence-corrected chi connectivity index (χ0v) is 9.98. The molecule has 0 radical (unpaired) electrons. The molecule has 0 spiro atoms. The highest BCUT2D eigenvalue weighted by molar-refractivity contribution is 7.08. The predicted octanol–water partition coefficient (Wildman–Crippen LogP) is 3.03. The molecule has 0 saturated heterocycles. The van der Waals surface area contributed by atoms with Gasteiger partial charge in [-0.15, -0.1) is 0 Å². The van der Waals surface area contributed by atoms with Gasteiger partial charge in [0.15, 0.2) is 0 Å². The van der Waals surface area contributed by atoms with Crippen LogP contribution >= 0.6 is 11.3 Å². The number of nitrogens with two attached hydrogens (primary N) is 1. The van der Waals surface area contributed by atoms with Crippen molar-refractivity contribution in [3.8, 4) is 0 Å². The normalized spacial score (nSPS) is 10.2. The zero-order valence-electron chi connectivity index (χ0n) is 9.16. The highest BCUT2D eigenvalue weighted by atomic mass is 32.1. The van der Waals surface area contributed by atoms with E-state index in [4.69, 9.17) is 5.73 Å². The lowest BCUT2D eigenvalue weighted by Gasteiger charge is -2.08. The van der Waals surface area contributed by atoms with Gasteiger partial charge in [0, 0.05) is 5.38 Å². The summed E-state index contributed by atoms with van der Waals surface area (Å²) in [7, 11) is 0. The molecule has 0 aliphatic heterocycles. The van der Waals surface area contributed by atoms with Crippen molar-refractivity contribution >= 4 is 28.6 Å². The Morgan fingerprint density at radius 3 is 2.76 bits per heavy atom. The van der Waals surface area contributed by atoms with Crippen molar-refractivity contribution in [2.75, 3.05) is 11.1 Å². The van der Waals surface area contributed by atoms with Crippen LogP contribution in [0.15, 0.2) is 29.0 Å². The quantitative estimate of drug-likeness (QED) is 0.805. The second kappa shape index (κ2) is 4.55. The highest BCUT2D eigenvalue weighted by Gasteiger charge is 2.13. The SMILES string of the molecule is Cc1cscc1C(=O)Nc1c(N)cccc1F. The Hall–Kier alpha value is -1.88. The molecule has 0 bridgehead atoms. The first-order valence-corrected chi connectivity index (χ1v) is 5.92. The number of hydrogen-bond acceptors (Lipinski definition) is 3. The first-order valence-electron chi connectivity index (χ1n) is 4.97. The number of hydrogen-bond donors (Lipinski definition) is 2. The van der Waals surface area contributed by atoms with E-state index in [0.29, 0.717) is 5.56 Å². The van der Waals surface area contributed by atoms with E-state index in [1.54, 1.807) is 11.4 Å². The van der Waals surface area contributed by atoms with Gasteiger partial charge in [-0.1, -0.05) is 6.07 Å². The molecule has 3 nitrogen and oxygen atoms in total. The molecule has 3 N–H and O–H groups in total. The molecule has 0 aliphatic rings. The van der Waals surface area contributed by atoms with Crippen LogP contribution in [0.4, 0.5) is 15.8 Å². The number of rotatable bonds is 2. The molecule has 0 atom stereocenters. The third-order valence-electron chi connectivity index (χ3n) is 2.38. The Morgan fingerprint density at radius 2 is 2.18 bits per heavy atom. The zero-order chi connectivity index (χ0) is 12.4. The number of thiophene rings is 1. The Labute approximate surface area is 102 Å². The van der Waals surface area contributed by atoms with Crippen molar-refractivity contribution in [2.45, 2.75) is 6.92 Å². The number of carbonyl (C=O) groups excluding carboxylic acids is 1. The van der Waals surface area contributed by atoms with Gasteiger partial charge in [-0.3, -0.25) is 4.79 Å². The van der Waals surface area contributed by atoms with Gasteiger partial charge in [0.1, 0.15) is 11.5 Å². The van der Waals surface area contributed by atoms with E-state index in [-0.39, 0.29) is 17.3 Å². The number of halogens is 1.